The molecule has 2 heterocycles. The number of nitrogens with zero attached hydrogens (tertiary/aromatic N) is 2. The minimum Gasteiger partial charge on any atom is -0.373 e. The third-order valence-electron chi connectivity index (χ3n) is 3.74. The molecule has 0 radical (unpaired) electrons. The van der Waals surface area contributed by atoms with Crippen LogP contribution in [0.5, 0.6) is 0 Å². The summed E-state index contributed by atoms with van der Waals surface area (Å²) >= 11 is 0. The molecule has 0 saturated carbocycles. The summed E-state index contributed by atoms with van der Waals surface area (Å²) in [5.41, 5.74) is 0. The number of piperidine rings is 1. The first kappa shape index (κ1) is 11.9. The van der Waals surface area contributed by atoms with Gasteiger partial charge in [0.2, 0.25) is 5.91 Å². The second-order valence-electron chi connectivity index (χ2n) is 4.60. The predicted octanol–water partition coefficient (Wildman–Crippen LogP) is 0.718. The topological polar surface area (TPSA) is 32.8 Å². The number of morpholine rings is 1. The number of rotatable bonds is 2. The summed E-state index contributed by atoms with van der Waals surface area (Å²) in [7, 11) is 0. The first-order valence-electron chi connectivity index (χ1n) is 6.39. The Kier molecular flexibility index (Phi) is 3.82. The van der Waals surface area contributed by atoms with E-state index in [4.69, 9.17) is 4.74 Å². The molecule has 0 aliphatic carbocycles. The Hall–Kier alpha value is -0.610. The van der Waals surface area contributed by atoms with E-state index in [9.17, 15) is 4.79 Å². The van der Waals surface area contributed by atoms with Crippen LogP contribution in [-0.4, -0.2) is 60.6 Å². The summed E-state index contributed by atoms with van der Waals surface area (Å²) in [6.45, 7) is 8.74. The molecule has 2 atom stereocenters. The standard InChI is InChI=1S/C12H22N2O2/c1-3-12(15)14-7-8-16-11-9-13(4-2)6-5-10(11)14/h10-11H,3-9H2,1-2H3/t10-,11+/m0/s1. The van der Waals surface area contributed by atoms with Gasteiger partial charge in [0.05, 0.1) is 18.8 Å². The number of amides is 1. The quantitative estimate of drug-likeness (QED) is 0.695. The van der Waals surface area contributed by atoms with Crippen molar-refractivity contribution in [3.05, 3.63) is 0 Å². The monoisotopic (exact) mass is 226 g/mol. The van der Waals surface area contributed by atoms with E-state index >= 15 is 0 Å². The molecule has 2 saturated heterocycles. The van der Waals surface area contributed by atoms with Gasteiger partial charge in [0.1, 0.15) is 0 Å². The zero-order valence-corrected chi connectivity index (χ0v) is 10.3. The Labute approximate surface area is 97.5 Å². The third kappa shape index (κ3) is 2.23. The van der Waals surface area contributed by atoms with Crippen molar-refractivity contribution < 1.29 is 9.53 Å². The Balaban J connectivity index is 2.01. The van der Waals surface area contributed by atoms with Gasteiger partial charge in [-0.05, 0) is 13.0 Å². The smallest absolute Gasteiger partial charge is 0.222 e. The summed E-state index contributed by atoms with van der Waals surface area (Å²) in [5.74, 6) is 0.281. The second-order valence-corrected chi connectivity index (χ2v) is 4.60. The summed E-state index contributed by atoms with van der Waals surface area (Å²) in [6, 6.07) is 0.323. The lowest BCUT2D eigenvalue weighted by Gasteiger charge is -2.46. The van der Waals surface area contributed by atoms with Crippen LogP contribution in [-0.2, 0) is 9.53 Å². The number of likely N-dealkylation sites (N-methyl/N-ethyl adjacent to an activating group) is 1. The van der Waals surface area contributed by atoms with Crippen molar-refractivity contribution in [2.75, 3.05) is 32.8 Å². The normalized spacial score (nSPS) is 31.2. The minimum atomic E-state index is 0.234. The number of carbonyl (C=O) groups excluding carboxylic acids is 1. The van der Waals surface area contributed by atoms with Crippen LogP contribution in [0.15, 0.2) is 0 Å². The number of hydrogen-bond donors (Lipinski definition) is 0. The van der Waals surface area contributed by atoms with Gasteiger partial charge in [-0.15, -0.1) is 0 Å². The van der Waals surface area contributed by atoms with Crippen LogP contribution < -0.4 is 0 Å². The van der Waals surface area contributed by atoms with Crippen molar-refractivity contribution in [3.8, 4) is 0 Å². The highest BCUT2D eigenvalue weighted by atomic mass is 16.5. The van der Waals surface area contributed by atoms with E-state index in [0.717, 1.165) is 32.6 Å². The molecule has 0 spiro atoms. The van der Waals surface area contributed by atoms with Crippen LogP contribution in [0.1, 0.15) is 26.7 Å². The van der Waals surface area contributed by atoms with Crippen LogP contribution in [0.2, 0.25) is 0 Å². The number of likely N-dealkylation sites (tertiary alicyclic amines) is 1. The molecule has 16 heavy (non-hydrogen) atoms. The highest BCUT2D eigenvalue weighted by Gasteiger charge is 2.37. The van der Waals surface area contributed by atoms with Crippen LogP contribution in [0.4, 0.5) is 0 Å². The molecule has 2 rings (SSSR count). The highest BCUT2D eigenvalue weighted by Crippen LogP contribution is 2.23. The van der Waals surface area contributed by atoms with Crippen molar-refractivity contribution in [3.63, 3.8) is 0 Å². The molecule has 0 aromatic heterocycles. The van der Waals surface area contributed by atoms with Crippen LogP contribution in [0.25, 0.3) is 0 Å². The van der Waals surface area contributed by atoms with Crippen LogP contribution in [0, 0.1) is 0 Å². The third-order valence-corrected chi connectivity index (χ3v) is 3.74. The van der Waals surface area contributed by atoms with Crippen LogP contribution >= 0.6 is 0 Å². The summed E-state index contributed by atoms with van der Waals surface area (Å²) in [4.78, 5) is 16.3. The van der Waals surface area contributed by atoms with E-state index in [0.29, 0.717) is 19.1 Å². The van der Waals surface area contributed by atoms with E-state index in [1.807, 2.05) is 11.8 Å². The molecular formula is C12H22N2O2. The van der Waals surface area contributed by atoms with Gasteiger partial charge in [0, 0.05) is 26.1 Å². The zero-order valence-electron chi connectivity index (χ0n) is 10.3. The van der Waals surface area contributed by atoms with Crippen molar-refractivity contribution in [1.82, 2.24) is 9.80 Å². The molecule has 92 valence electrons. The summed E-state index contributed by atoms with van der Waals surface area (Å²) in [6.07, 6.45) is 1.91. The Morgan fingerprint density at radius 2 is 2.19 bits per heavy atom. The van der Waals surface area contributed by atoms with Crippen molar-refractivity contribution in [2.45, 2.75) is 38.8 Å². The fourth-order valence-electron chi connectivity index (χ4n) is 2.76. The van der Waals surface area contributed by atoms with Crippen molar-refractivity contribution in [1.29, 1.82) is 0 Å². The zero-order chi connectivity index (χ0) is 11.5. The van der Waals surface area contributed by atoms with Crippen molar-refractivity contribution >= 4 is 5.91 Å². The van der Waals surface area contributed by atoms with E-state index in [2.05, 4.69) is 11.8 Å². The maximum atomic E-state index is 11.8. The molecule has 0 aromatic rings. The summed E-state index contributed by atoms with van der Waals surface area (Å²) < 4.78 is 5.80. The number of hydrogen-bond acceptors (Lipinski definition) is 3. The lowest BCUT2D eigenvalue weighted by Crippen LogP contribution is -2.60. The molecule has 0 aromatic carbocycles. The number of fused-ring (bicyclic) bond motifs is 1. The predicted molar refractivity (Wildman–Crippen MR) is 62.3 cm³/mol. The van der Waals surface area contributed by atoms with E-state index in [1.54, 1.807) is 0 Å². The average molecular weight is 226 g/mol. The summed E-state index contributed by atoms with van der Waals surface area (Å²) in [5, 5.41) is 0. The van der Waals surface area contributed by atoms with Gasteiger partial charge in [-0.1, -0.05) is 13.8 Å². The van der Waals surface area contributed by atoms with E-state index in [-0.39, 0.29) is 12.0 Å². The van der Waals surface area contributed by atoms with Crippen molar-refractivity contribution in [2.24, 2.45) is 0 Å². The number of ether oxygens (including phenoxy) is 1. The molecule has 0 unspecified atom stereocenters. The Morgan fingerprint density at radius 3 is 2.88 bits per heavy atom. The molecule has 0 bridgehead atoms. The molecule has 2 aliphatic heterocycles. The average Bonchev–Trinajstić information content (AvgIpc) is 2.36. The van der Waals surface area contributed by atoms with Gasteiger partial charge >= 0.3 is 0 Å². The number of carbonyl (C=O) groups is 1. The first-order valence-corrected chi connectivity index (χ1v) is 6.39. The SMILES string of the molecule is CCC(=O)N1CCO[C@@H]2CN(CC)CC[C@@H]21. The molecular weight excluding hydrogens is 204 g/mol. The Morgan fingerprint density at radius 1 is 1.38 bits per heavy atom. The molecule has 2 fully saturated rings. The first-order chi connectivity index (χ1) is 7.76. The van der Waals surface area contributed by atoms with Gasteiger partial charge in [0.25, 0.3) is 0 Å². The maximum Gasteiger partial charge on any atom is 0.222 e. The molecule has 2 aliphatic rings. The molecule has 4 heteroatoms. The molecule has 0 N–H and O–H groups in total. The van der Waals surface area contributed by atoms with E-state index < -0.39 is 0 Å². The largest absolute Gasteiger partial charge is 0.373 e. The Bertz CT molecular complexity index is 257. The lowest BCUT2D eigenvalue weighted by molar-refractivity contribution is -0.152. The fraction of sp³-hybridized carbons (Fsp3) is 0.917. The van der Waals surface area contributed by atoms with Gasteiger partial charge in [0.15, 0.2) is 0 Å². The maximum absolute atomic E-state index is 11.8. The van der Waals surface area contributed by atoms with E-state index in [1.165, 1.54) is 0 Å². The van der Waals surface area contributed by atoms with Crippen LogP contribution in [0.3, 0.4) is 0 Å². The lowest BCUT2D eigenvalue weighted by atomic mass is 9.98. The second kappa shape index (κ2) is 5.15. The van der Waals surface area contributed by atoms with Gasteiger partial charge in [-0.25, -0.2) is 0 Å². The highest BCUT2D eigenvalue weighted by molar-refractivity contribution is 5.76. The van der Waals surface area contributed by atoms with Gasteiger partial charge in [-0.3, -0.25) is 4.79 Å². The molecule has 1 amide bonds. The molecule has 4 nitrogen and oxygen atoms in total. The minimum absolute atomic E-state index is 0.234. The fourth-order valence-corrected chi connectivity index (χ4v) is 2.76. The van der Waals surface area contributed by atoms with Gasteiger partial charge in [-0.2, -0.15) is 0 Å². The van der Waals surface area contributed by atoms with Gasteiger partial charge < -0.3 is 14.5 Å².